The number of rotatable bonds is 9. The number of nitrogens with one attached hydrogen (secondary N) is 1. The molecule has 138 valence electrons. The molecule has 2 N–H and O–H groups in total. The average molecular weight is 398 g/mol. The molecule has 0 aromatic rings. The first-order chi connectivity index (χ1) is 10.00. The minimum atomic E-state index is -3.20. The Morgan fingerprint density at radius 3 is 1.35 bits per heavy atom. The molecule has 0 saturated heterocycles. The van der Waals surface area contributed by atoms with Gasteiger partial charge in [0.2, 0.25) is 0 Å². The first kappa shape index (κ1) is 23.0. The Balaban J connectivity index is 6.02. The van der Waals surface area contributed by atoms with Gasteiger partial charge >= 0.3 is 14.9 Å². The van der Waals surface area contributed by atoms with Crippen molar-refractivity contribution in [2.75, 3.05) is 0 Å². The van der Waals surface area contributed by atoms with Crippen LogP contribution in [-0.2, 0) is 12.3 Å². The molecule has 0 aliphatic carbocycles. The zero-order valence-electron chi connectivity index (χ0n) is 16.4. The second kappa shape index (κ2) is 7.93. The van der Waals surface area contributed by atoms with Gasteiger partial charge in [-0.1, -0.05) is 6.92 Å². The van der Waals surface area contributed by atoms with E-state index in [-0.39, 0.29) is 0 Å². The summed E-state index contributed by atoms with van der Waals surface area (Å²) in [5.74, 6) is 0. The van der Waals surface area contributed by atoms with Crippen LogP contribution in [-0.4, -0.2) is 50.6 Å². The summed E-state index contributed by atoms with van der Waals surface area (Å²) in [7, 11) is -9.20. The lowest BCUT2D eigenvalue weighted by Gasteiger charge is -2.46. The van der Waals surface area contributed by atoms with Gasteiger partial charge in [0.15, 0.2) is 25.0 Å². The molecule has 0 rings (SSSR count). The molecule has 0 radical (unpaired) electrons. The smallest absolute Gasteiger partial charge is 0.465 e. The molecule has 0 aliphatic heterocycles. The van der Waals surface area contributed by atoms with Gasteiger partial charge in [-0.05, 0) is 65.3 Å². The van der Waals surface area contributed by atoms with E-state index >= 15 is 0 Å². The van der Waals surface area contributed by atoms with Crippen molar-refractivity contribution < 1.29 is 22.2 Å². The monoisotopic (exact) mass is 397 g/mol. The third kappa shape index (κ3) is 9.79. The van der Waals surface area contributed by atoms with E-state index in [9.17, 15) is 9.90 Å². The Morgan fingerprint density at radius 1 is 0.870 bits per heavy atom. The molecule has 0 aromatic carbocycles. The first-order valence-electron chi connectivity index (χ1n) is 8.10. The Kier molecular flexibility index (Phi) is 7.94. The maximum Gasteiger partial charge on any atom is 0.493 e. The van der Waals surface area contributed by atoms with Gasteiger partial charge in [0.05, 0.1) is 5.67 Å². The second-order valence-electron chi connectivity index (χ2n) is 8.66. The molecule has 0 aliphatic rings. The van der Waals surface area contributed by atoms with Gasteiger partial charge in [-0.3, -0.25) is 0 Å². The molecule has 1 atom stereocenters. The number of carbonyl (C=O) groups is 1. The lowest BCUT2D eigenvalue weighted by atomic mass is 10.5. The number of hydrogen-bond donors (Lipinski definition) is 2. The molecule has 10 heteroatoms. The van der Waals surface area contributed by atoms with Crippen LogP contribution in [0.3, 0.4) is 0 Å². The van der Waals surface area contributed by atoms with Crippen molar-refractivity contribution in [1.29, 1.82) is 0 Å². The molecular formula is C13H35NO5Si4. The van der Waals surface area contributed by atoms with Crippen LogP contribution in [0.15, 0.2) is 0 Å². The normalized spacial score (nSPS) is 15.4. The third-order valence-corrected chi connectivity index (χ3v) is 14.6. The van der Waals surface area contributed by atoms with Crippen molar-refractivity contribution in [2.24, 2.45) is 0 Å². The van der Waals surface area contributed by atoms with Crippen molar-refractivity contribution in [2.45, 2.75) is 77.9 Å². The van der Waals surface area contributed by atoms with E-state index in [1.807, 2.05) is 6.92 Å². The van der Waals surface area contributed by atoms with Crippen LogP contribution in [0, 0.1) is 0 Å². The van der Waals surface area contributed by atoms with Crippen LogP contribution in [0.5, 0.6) is 0 Å². The van der Waals surface area contributed by atoms with Gasteiger partial charge in [-0.25, -0.2) is 4.79 Å². The first-order valence-corrected chi connectivity index (χ1v) is 20.1. The SMILES string of the molecule is CCC(NC(=O)O)[Si](O[Si](C)(C)C)(O[Si](C)(C)C)O[Si](C)(C)C. The van der Waals surface area contributed by atoms with E-state index in [0.717, 1.165) is 0 Å². The fourth-order valence-electron chi connectivity index (χ4n) is 2.15. The summed E-state index contributed by atoms with van der Waals surface area (Å²) in [5.41, 5.74) is -0.440. The summed E-state index contributed by atoms with van der Waals surface area (Å²) >= 11 is 0. The second-order valence-corrected chi connectivity index (χ2v) is 25.7. The van der Waals surface area contributed by atoms with E-state index < -0.39 is 45.5 Å². The highest BCUT2D eigenvalue weighted by molar-refractivity contribution is 6.90. The quantitative estimate of drug-likeness (QED) is 0.574. The molecule has 1 amide bonds. The van der Waals surface area contributed by atoms with E-state index in [2.05, 4.69) is 64.2 Å². The predicted molar refractivity (Wildman–Crippen MR) is 104 cm³/mol. The summed E-state index contributed by atoms with van der Waals surface area (Å²) in [6.07, 6.45) is -0.482. The number of carboxylic acid groups (broad SMARTS) is 1. The highest BCUT2D eigenvalue weighted by atomic mass is 28.5. The maximum atomic E-state index is 11.3. The van der Waals surface area contributed by atoms with E-state index in [0.29, 0.717) is 6.42 Å². The standard InChI is InChI=1S/C13H35NO5Si4/c1-11-12(14-13(15)16)23(17-20(2,3)4,18-21(5,6)7)19-22(8,9)10/h12,14H,11H2,1-10H3,(H,15,16). The molecule has 1 unspecified atom stereocenters. The topological polar surface area (TPSA) is 77.0 Å². The molecule has 0 heterocycles. The highest BCUT2D eigenvalue weighted by Crippen LogP contribution is 2.29. The number of amides is 1. The van der Waals surface area contributed by atoms with Gasteiger partial charge in [0.1, 0.15) is 0 Å². The average Bonchev–Trinajstić information content (AvgIpc) is 2.17. The van der Waals surface area contributed by atoms with Crippen molar-refractivity contribution in [1.82, 2.24) is 5.32 Å². The van der Waals surface area contributed by atoms with Gasteiger partial charge < -0.3 is 22.8 Å². The van der Waals surface area contributed by atoms with Crippen LogP contribution in [0.1, 0.15) is 13.3 Å². The van der Waals surface area contributed by atoms with Crippen LogP contribution in [0.4, 0.5) is 4.79 Å². The zero-order chi connectivity index (χ0) is 18.7. The molecule has 0 bridgehead atoms. The Hall–Kier alpha value is 0.0175. The van der Waals surface area contributed by atoms with Crippen LogP contribution in [0.25, 0.3) is 0 Å². The van der Waals surface area contributed by atoms with E-state index in [1.165, 1.54) is 0 Å². The Labute approximate surface area is 145 Å². The van der Waals surface area contributed by atoms with Gasteiger partial charge in [-0.2, -0.15) is 0 Å². The summed E-state index contributed by atoms with van der Waals surface area (Å²) in [4.78, 5) is 11.3. The zero-order valence-corrected chi connectivity index (χ0v) is 20.4. The maximum absolute atomic E-state index is 11.3. The van der Waals surface area contributed by atoms with Gasteiger partial charge in [0.25, 0.3) is 0 Å². The van der Waals surface area contributed by atoms with Crippen molar-refractivity contribution in [3.05, 3.63) is 0 Å². The van der Waals surface area contributed by atoms with E-state index in [4.69, 9.17) is 12.3 Å². The van der Waals surface area contributed by atoms with Crippen LogP contribution < -0.4 is 5.32 Å². The lowest BCUT2D eigenvalue weighted by Crippen LogP contribution is -2.70. The van der Waals surface area contributed by atoms with Crippen LogP contribution in [0.2, 0.25) is 58.9 Å². The summed E-state index contributed by atoms with van der Waals surface area (Å²) in [6.45, 7) is 20.7. The van der Waals surface area contributed by atoms with Crippen molar-refractivity contribution in [3.63, 3.8) is 0 Å². The fourth-order valence-corrected chi connectivity index (χ4v) is 16.5. The van der Waals surface area contributed by atoms with Crippen molar-refractivity contribution >= 4 is 39.8 Å². The largest absolute Gasteiger partial charge is 0.493 e. The minimum Gasteiger partial charge on any atom is -0.465 e. The fraction of sp³-hybridized carbons (Fsp3) is 0.923. The summed E-state index contributed by atoms with van der Waals surface area (Å²) < 4.78 is 19.5. The Bertz CT molecular complexity index is 360. The third-order valence-electron chi connectivity index (χ3n) is 2.48. The molecular weight excluding hydrogens is 362 g/mol. The molecule has 23 heavy (non-hydrogen) atoms. The molecule has 0 aromatic heterocycles. The summed E-state index contributed by atoms with van der Waals surface area (Å²) in [6, 6.07) is 0. The molecule has 0 spiro atoms. The predicted octanol–water partition coefficient (Wildman–Crippen LogP) is 4.07. The van der Waals surface area contributed by atoms with E-state index in [1.54, 1.807) is 0 Å². The van der Waals surface area contributed by atoms with Gasteiger partial charge in [-0.15, -0.1) is 0 Å². The molecule has 0 saturated carbocycles. The highest BCUT2D eigenvalue weighted by Gasteiger charge is 2.56. The minimum absolute atomic E-state index is 0.440. The molecule has 0 fully saturated rings. The summed E-state index contributed by atoms with van der Waals surface area (Å²) in [5, 5.41) is 11.9. The van der Waals surface area contributed by atoms with Crippen LogP contribution >= 0.6 is 0 Å². The lowest BCUT2D eigenvalue weighted by molar-refractivity contribution is 0.180. The van der Waals surface area contributed by atoms with Gasteiger partial charge in [0, 0.05) is 0 Å². The number of hydrogen-bond acceptors (Lipinski definition) is 4. The molecule has 6 nitrogen and oxygen atoms in total. The van der Waals surface area contributed by atoms with Crippen molar-refractivity contribution in [3.8, 4) is 0 Å². The Morgan fingerprint density at radius 2 is 1.17 bits per heavy atom.